The number of hydrazine groups is 1. The van der Waals surface area contributed by atoms with Crippen LogP contribution < -0.4 is 5.43 Å². The van der Waals surface area contributed by atoms with Gasteiger partial charge in [0.2, 0.25) is 5.91 Å². The molecule has 16 heavy (non-hydrogen) atoms. The predicted molar refractivity (Wildman–Crippen MR) is 66.6 cm³/mol. The third kappa shape index (κ3) is 4.39. The van der Waals surface area contributed by atoms with E-state index in [2.05, 4.69) is 5.43 Å². The highest BCUT2D eigenvalue weighted by Gasteiger charge is 2.04. The van der Waals surface area contributed by atoms with Gasteiger partial charge in [-0.3, -0.25) is 10.2 Å². The summed E-state index contributed by atoms with van der Waals surface area (Å²) in [5, 5.41) is 2.67. The van der Waals surface area contributed by atoms with Crippen LogP contribution >= 0.6 is 23.2 Å². The Balaban J connectivity index is 2.48. The van der Waals surface area contributed by atoms with Crippen molar-refractivity contribution < 1.29 is 4.79 Å². The maximum atomic E-state index is 11.4. The molecule has 0 spiro atoms. The van der Waals surface area contributed by atoms with Gasteiger partial charge in [0.05, 0.1) is 10.0 Å². The van der Waals surface area contributed by atoms with E-state index >= 15 is 0 Å². The van der Waals surface area contributed by atoms with Crippen molar-refractivity contribution >= 4 is 29.1 Å². The quantitative estimate of drug-likeness (QED) is 0.844. The van der Waals surface area contributed by atoms with Crippen LogP contribution in [-0.4, -0.2) is 25.0 Å². The molecule has 0 aliphatic heterocycles. The van der Waals surface area contributed by atoms with Crippen LogP contribution in [0.2, 0.25) is 10.0 Å². The fourth-order valence-electron chi connectivity index (χ4n) is 1.26. The van der Waals surface area contributed by atoms with Crippen LogP contribution in [0, 0.1) is 0 Å². The molecule has 0 unspecified atom stereocenters. The lowest BCUT2D eigenvalue weighted by Crippen LogP contribution is -2.36. The number of hydrogen-bond donors (Lipinski definition) is 1. The first-order chi connectivity index (χ1) is 7.49. The van der Waals surface area contributed by atoms with Gasteiger partial charge in [-0.15, -0.1) is 0 Å². The molecule has 1 rings (SSSR count). The smallest absolute Gasteiger partial charge is 0.234 e. The summed E-state index contributed by atoms with van der Waals surface area (Å²) in [5.41, 5.74) is 3.68. The molecule has 1 N–H and O–H groups in total. The molecule has 88 valence electrons. The Morgan fingerprint density at radius 3 is 2.56 bits per heavy atom. The number of nitrogens with zero attached hydrogens (tertiary/aromatic N) is 1. The van der Waals surface area contributed by atoms with Crippen molar-refractivity contribution in [1.29, 1.82) is 0 Å². The molecular weight excluding hydrogens is 247 g/mol. The lowest BCUT2D eigenvalue weighted by atomic mass is 10.1. The number of rotatable bonds is 4. The number of nitrogens with one attached hydrogen (secondary N) is 1. The Kier molecular flexibility index (Phi) is 5.06. The van der Waals surface area contributed by atoms with Crippen LogP contribution in [0.25, 0.3) is 0 Å². The summed E-state index contributed by atoms with van der Waals surface area (Å²) < 4.78 is 0. The molecular formula is C11H14Cl2N2O. The Bertz CT molecular complexity index is 380. The minimum Gasteiger partial charge on any atom is -0.289 e. The lowest BCUT2D eigenvalue weighted by Gasteiger charge is -2.11. The summed E-state index contributed by atoms with van der Waals surface area (Å²) in [6.45, 7) is 0. The van der Waals surface area contributed by atoms with Gasteiger partial charge in [0, 0.05) is 20.5 Å². The van der Waals surface area contributed by atoms with Crippen LogP contribution in [0.4, 0.5) is 0 Å². The largest absolute Gasteiger partial charge is 0.289 e. The third-order valence-corrected chi connectivity index (χ3v) is 2.71. The normalized spacial score (nSPS) is 10.6. The zero-order chi connectivity index (χ0) is 12.1. The van der Waals surface area contributed by atoms with Crippen LogP contribution in [0.5, 0.6) is 0 Å². The molecule has 0 aliphatic rings. The molecule has 0 atom stereocenters. The van der Waals surface area contributed by atoms with Gasteiger partial charge in [-0.1, -0.05) is 29.3 Å². The van der Waals surface area contributed by atoms with Crippen molar-refractivity contribution in [1.82, 2.24) is 10.4 Å². The van der Waals surface area contributed by atoms with E-state index in [1.807, 2.05) is 6.07 Å². The van der Waals surface area contributed by atoms with Crippen LogP contribution in [0.15, 0.2) is 18.2 Å². The standard InChI is InChI=1S/C11H14Cl2N2O/c1-15(2)14-11(16)6-4-8-3-5-9(12)10(13)7-8/h3,5,7H,4,6H2,1-2H3,(H,14,16). The molecule has 0 aromatic heterocycles. The summed E-state index contributed by atoms with van der Waals surface area (Å²) in [5.74, 6) is -0.0175. The van der Waals surface area contributed by atoms with E-state index in [9.17, 15) is 4.79 Å². The zero-order valence-corrected chi connectivity index (χ0v) is 10.8. The third-order valence-electron chi connectivity index (χ3n) is 1.97. The molecule has 0 saturated carbocycles. The van der Waals surface area contributed by atoms with E-state index in [-0.39, 0.29) is 5.91 Å². The van der Waals surface area contributed by atoms with E-state index in [1.54, 1.807) is 31.2 Å². The average molecular weight is 261 g/mol. The number of hydrogen-bond acceptors (Lipinski definition) is 2. The van der Waals surface area contributed by atoms with Gasteiger partial charge in [0.1, 0.15) is 0 Å². The highest BCUT2D eigenvalue weighted by atomic mass is 35.5. The zero-order valence-electron chi connectivity index (χ0n) is 9.26. The van der Waals surface area contributed by atoms with E-state index in [0.717, 1.165) is 5.56 Å². The first-order valence-electron chi connectivity index (χ1n) is 4.90. The number of carbonyl (C=O) groups is 1. The average Bonchev–Trinajstić information content (AvgIpc) is 2.19. The second-order valence-electron chi connectivity index (χ2n) is 3.68. The molecule has 1 aromatic carbocycles. The van der Waals surface area contributed by atoms with Gasteiger partial charge < -0.3 is 0 Å². The molecule has 0 bridgehead atoms. The molecule has 0 heterocycles. The Hall–Kier alpha value is -0.770. The first-order valence-corrected chi connectivity index (χ1v) is 5.65. The maximum absolute atomic E-state index is 11.4. The summed E-state index contributed by atoms with van der Waals surface area (Å²) in [6, 6.07) is 5.40. The Morgan fingerprint density at radius 2 is 2.00 bits per heavy atom. The lowest BCUT2D eigenvalue weighted by molar-refractivity contribution is -0.124. The van der Waals surface area contributed by atoms with Crippen molar-refractivity contribution in [2.24, 2.45) is 0 Å². The Labute approximate surface area is 105 Å². The number of benzene rings is 1. The van der Waals surface area contributed by atoms with Gasteiger partial charge >= 0.3 is 0 Å². The van der Waals surface area contributed by atoms with Crippen LogP contribution in [0.3, 0.4) is 0 Å². The topological polar surface area (TPSA) is 32.3 Å². The number of carbonyl (C=O) groups excluding carboxylic acids is 1. The fourth-order valence-corrected chi connectivity index (χ4v) is 1.58. The summed E-state index contributed by atoms with van der Waals surface area (Å²) in [6.07, 6.45) is 1.08. The molecule has 0 radical (unpaired) electrons. The van der Waals surface area contributed by atoms with E-state index < -0.39 is 0 Å². The van der Waals surface area contributed by atoms with Crippen LogP contribution in [0.1, 0.15) is 12.0 Å². The van der Waals surface area contributed by atoms with Gasteiger partial charge in [-0.05, 0) is 24.1 Å². The monoisotopic (exact) mass is 260 g/mol. The van der Waals surface area contributed by atoms with Crippen molar-refractivity contribution in [2.45, 2.75) is 12.8 Å². The molecule has 0 saturated heterocycles. The van der Waals surface area contributed by atoms with Crippen molar-refractivity contribution in [3.63, 3.8) is 0 Å². The predicted octanol–water partition coefficient (Wildman–Crippen LogP) is 2.52. The van der Waals surface area contributed by atoms with Crippen molar-refractivity contribution in [2.75, 3.05) is 14.1 Å². The highest BCUT2D eigenvalue weighted by Crippen LogP contribution is 2.23. The molecule has 3 nitrogen and oxygen atoms in total. The molecule has 5 heteroatoms. The minimum absolute atomic E-state index is 0.0175. The number of amides is 1. The van der Waals surface area contributed by atoms with Gasteiger partial charge in [-0.25, -0.2) is 5.01 Å². The van der Waals surface area contributed by atoms with E-state index in [1.165, 1.54) is 0 Å². The molecule has 1 amide bonds. The molecule has 1 aromatic rings. The Morgan fingerprint density at radius 1 is 1.31 bits per heavy atom. The van der Waals surface area contributed by atoms with Gasteiger partial charge in [-0.2, -0.15) is 0 Å². The molecule has 0 fully saturated rings. The summed E-state index contributed by atoms with van der Waals surface area (Å²) in [7, 11) is 3.55. The van der Waals surface area contributed by atoms with Crippen molar-refractivity contribution in [3.8, 4) is 0 Å². The van der Waals surface area contributed by atoms with Gasteiger partial charge in [0.15, 0.2) is 0 Å². The minimum atomic E-state index is -0.0175. The summed E-state index contributed by atoms with van der Waals surface area (Å²) >= 11 is 11.7. The van der Waals surface area contributed by atoms with E-state index in [0.29, 0.717) is 22.9 Å². The molecule has 0 aliphatic carbocycles. The SMILES string of the molecule is CN(C)NC(=O)CCc1ccc(Cl)c(Cl)c1. The highest BCUT2D eigenvalue weighted by molar-refractivity contribution is 6.42. The fraction of sp³-hybridized carbons (Fsp3) is 0.364. The van der Waals surface area contributed by atoms with Gasteiger partial charge in [0.25, 0.3) is 0 Å². The summed E-state index contributed by atoms with van der Waals surface area (Å²) in [4.78, 5) is 11.4. The van der Waals surface area contributed by atoms with Crippen molar-refractivity contribution in [3.05, 3.63) is 33.8 Å². The number of halogens is 2. The second kappa shape index (κ2) is 6.09. The maximum Gasteiger partial charge on any atom is 0.234 e. The second-order valence-corrected chi connectivity index (χ2v) is 4.49. The van der Waals surface area contributed by atoms with Crippen LogP contribution in [-0.2, 0) is 11.2 Å². The van der Waals surface area contributed by atoms with E-state index in [4.69, 9.17) is 23.2 Å². The first kappa shape index (κ1) is 13.3. The number of aryl methyl sites for hydroxylation is 1.